The van der Waals surface area contributed by atoms with Gasteiger partial charge in [0.15, 0.2) is 0 Å². The Morgan fingerprint density at radius 3 is 2.60 bits per heavy atom. The Kier molecular flexibility index (Phi) is 3.57. The number of piperidine rings is 1. The van der Waals surface area contributed by atoms with E-state index in [2.05, 4.69) is 33.8 Å². The molecule has 0 radical (unpaired) electrons. The van der Waals surface area contributed by atoms with Crippen LogP contribution in [-0.2, 0) is 0 Å². The fourth-order valence-electron chi connectivity index (χ4n) is 1.99. The molecule has 1 aliphatic rings. The van der Waals surface area contributed by atoms with Crippen molar-refractivity contribution >= 4 is 33.2 Å². The van der Waals surface area contributed by atoms with Gasteiger partial charge < -0.3 is 4.90 Å². The van der Waals surface area contributed by atoms with Gasteiger partial charge in [-0.05, 0) is 52.9 Å². The summed E-state index contributed by atoms with van der Waals surface area (Å²) in [6.45, 7) is 4.64. The highest BCUT2D eigenvalue weighted by atomic mass is 79.9. The maximum atomic E-state index is 5.93. The Hall–Kier alpha value is -0.210. The first-order valence-electron chi connectivity index (χ1n) is 5.37. The van der Waals surface area contributed by atoms with E-state index < -0.39 is 0 Å². The monoisotopic (exact) mass is 287 g/mol. The Bertz CT molecular complexity index is 345. The van der Waals surface area contributed by atoms with Gasteiger partial charge in [0.05, 0.1) is 5.69 Å². The molecular weight excluding hydrogens is 273 g/mol. The first-order valence-corrected chi connectivity index (χ1v) is 6.54. The third-order valence-corrected chi connectivity index (χ3v) is 3.90. The van der Waals surface area contributed by atoms with Gasteiger partial charge >= 0.3 is 0 Å². The molecule has 1 saturated heterocycles. The molecule has 0 aromatic heterocycles. The van der Waals surface area contributed by atoms with Crippen LogP contribution in [0.1, 0.15) is 19.8 Å². The third kappa shape index (κ3) is 2.67. The van der Waals surface area contributed by atoms with Crippen LogP contribution in [0.15, 0.2) is 22.7 Å². The molecule has 82 valence electrons. The zero-order valence-corrected chi connectivity index (χ0v) is 11.2. The summed E-state index contributed by atoms with van der Waals surface area (Å²) in [5.41, 5.74) is 1.27. The van der Waals surface area contributed by atoms with Gasteiger partial charge in [0.2, 0.25) is 0 Å². The van der Waals surface area contributed by atoms with Crippen LogP contribution >= 0.6 is 27.5 Å². The summed E-state index contributed by atoms with van der Waals surface area (Å²) in [6.07, 6.45) is 2.57. The van der Waals surface area contributed by atoms with Gasteiger partial charge in [-0.2, -0.15) is 0 Å². The first-order chi connectivity index (χ1) is 7.16. The van der Waals surface area contributed by atoms with Crippen LogP contribution in [0.2, 0.25) is 5.02 Å². The van der Waals surface area contributed by atoms with E-state index in [-0.39, 0.29) is 0 Å². The molecule has 0 bridgehead atoms. The van der Waals surface area contributed by atoms with Crippen molar-refractivity contribution in [3.63, 3.8) is 0 Å². The molecule has 1 aromatic carbocycles. The smallest absolute Gasteiger partial charge is 0.0511 e. The molecule has 0 N–H and O–H groups in total. The molecule has 1 aliphatic heterocycles. The SMILES string of the molecule is CC1CCN(c2ccc(Cl)cc2Br)CC1. The normalized spacial score (nSPS) is 18.2. The molecule has 0 amide bonds. The van der Waals surface area contributed by atoms with Gasteiger partial charge in [0, 0.05) is 22.6 Å². The number of anilines is 1. The van der Waals surface area contributed by atoms with Gasteiger partial charge in [0.25, 0.3) is 0 Å². The number of nitrogens with zero attached hydrogens (tertiary/aromatic N) is 1. The maximum Gasteiger partial charge on any atom is 0.0511 e. The van der Waals surface area contributed by atoms with Crippen molar-refractivity contribution in [3.05, 3.63) is 27.7 Å². The highest BCUT2D eigenvalue weighted by molar-refractivity contribution is 9.10. The molecule has 1 fully saturated rings. The lowest BCUT2D eigenvalue weighted by Crippen LogP contribution is -2.32. The third-order valence-electron chi connectivity index (χ3n) is 3.03. The summed E-state index contributed by atoms with van der Waals surface area (Å²) in [6, 6.07) is 6.02. The molecule has 0 saturated carbocycles. The van der Waals surface area contributed by atoms with Crippen molar-refractivity contribution in [2.24, 2.45) is 5.92 Å². The minimum absolute atomic E-state index is 0.788. The fourth-order valence-corrected chi connectivity index (χ4v) is 2.92. The zero-order valence-electron chi connectivity index (χ0n) is 8.84. The Morgan fingerprint density at radius 1 is 1.33 bits per heavy atom. The highest BCUT2D eigenvalue weighted by Gasteiger charge is 2.17. The van der Waals surface area contributed by atoms with E-state index in [1.807, 2.05) is 12.1 Å². The van der Waals surface area contributed by atoms with Crippen LogP contribution in [0.4, 0.5) is 5.69 Å². The quantitative estimate of drug-likeness (QED) is 0.743. The lowest BCUT2D eigenvalue weighted by molar-refractivity contribution is 0.438. The molecule has 1 aromatic rings. The largest absolute Gasteiger partial charge is 0.371 e. The van der Waals surface area contributed by atoms with Crippen LogP contribution in [0, 0.1) is 5.92 Å². The van der Waals surface area contributed by atoms with E-state index in [9.17, 15) is 0 Å². The average Bonchev–Trinajstić information content (AvgIpc) is 2.20. The number of benzene rings is 1. The molecule has 15 heavy (non-hydrogen) atoms. The Labute approximate surface area is 105 Å². The summed E-state index contributed by atoms with van der Waals surface area (Å²) < 4.78 is 1.10. The predicted molar refractivity (Wildman–Crippen MR) is 69.8 cm³/mol. The molecule has 0 spiro atoms. The van der Waals surface area contributed by atoms with Crippen LogP contribution in [0.25, 0.3) is 0 Å². The summed E-state index contributed by atoms with van der Waals surface area (Å²) in [5.74, 6) is 0.868. The van der Waals surface area contributed by atoms with E-state index in [4.69, 9.17) is 11.6 Å². The molecule has 3 heteroatoms. The second kappa shape index (κ2) is 4.75. The Morgan fingerprint density at radius 2 is 2.00 bits per heavy atom. The maximum absolute atomic E-state index is 5.93. The summed E-state index contributed by atoms with van der Waals surface area (Å²) in [4.78, 5) is 2.43. The predicted octanol–water partition coefficient (Wildman–Crippen LogP) is 4.34. The van der Waals surface area contributed by atoms with Crippen molar-refractivity contribution < 1.29 is 0 Å². The van der Waals surface area contributed by atoms with Crippen LogP contribution < -0.4 is 4.90 Å². The molecule has 0 atom stereocenters. The summed E-state index contributed by atoms with van der Waals surface area (Å²) in [7, 11) is 0. The Balaban J connectivity index is 2.15. The van der Waals surface area contributed by atoms with Crippen molar-refractivity contribution in [2.75, 3.05) is 18.0 Å². The van der Waals surface area contributed by atoms with Gasteiger partial charge in [-0.15, -0.1) is 0 Å². The second-order valence-corrected chi connectivity index (χ2v) is 5.56. The highest BCUT2D eigenvalue weighted by Crippen LogP contribution is 2.31. The summed E-state index contributed by atoms with van der Waals surface area (Å²) in [5, 5.41) is 0.788. The molecule has 2 rings (SSSR count). The van der Waals surface area contributed by atoms with Crippen molar-refractivity contribution in [1.82, 2.24) is 0 Å². The van der Waals surface area contributed by atoms with Gasteiger partial charge in [0.1, 0.15) is 0 Å². The lowest BCUT2D eigenvalue weighted by atomic mass is 9.99. The number of halogens is 2. The topological polar surface area (TPSA) is 3.24 Å². The molecule has 1 heterocycles. The van der Waals surface area contributed by atoms with Crippen molar-refractivity contribution in [2.45, 2.75) is 19.8 Å². The van der Waals surface area contributed by atoms with Crippen molar-refractivity contribution in [3.8, 4) is 0 Å². The summed E-state index contributed by atoms with van der Waals surface area (Å²) >= 11 is 9.50. The van der Waals surface area contributed by atoms with E-state index in [0.717, 1.165) is 28.5 Å². The van der Waals surface area contributed by atoms with E-state index in [0.29, 0.717) is 0 Å². The number of hydrogen-bond acceptors (Lipinski definition) is 1. The lowest BCUT2D eigenvalue weighted by Gasteiger charge is -2.32. The van der Waals surface area contributed by atoms with Crippen LogP contribution in [0.3, 0.4) is 0 Å². The molecule has 0 aliphatic carbocycles. The first kappa shape index (κ1) is 11.3. The fraction of sp³-hybridized carbons (Fsp3) is 0.500. The second-order valence-electron chi connectivity index (χ2n) is 4.27. The average molecular weight is 289 g/mol. The minimum atomic E-state index is 0.788. The van der Waals surface area contributed by atoms with Crippen molar-refractivity contribution in [1.29, 1.82) is 0 Å². The number of rotatable bonds is 1. The number of hydrogen-bond donors (Lipinski definition) is 0. The van der Waals surface area contributed by atoms with Crippen LogP contribution in [0.5, 0.6) is 0 Å². The van der Waals surface area contributed by atoms with E-state index >= 15 is 0 Å². The minimum Gasteiger partial charge on any atom is -0.371 e. The van der Waals surface area contributed by atoms with Crippen LogP contribution in [-0.4, -0.2) is 13.1 Å². The zero-order chi connectivity index (χ0) is 10.8. The standard InChI is InChI=1S/C12H15BrClN/c1-9-4-6-15(7-5-9)12-3-2-10(14)8-11(12)13/h2-3,8-9H,4-7H2,1H3. The van der Waals surface area contributed by atoms with Gasteiger partial charge in [-0.3, -0.25) is 0 Å². The van der Waals surface area contributed by atoms with E-state index in [1.165, 1.54) is 18.5 Å². The van der Waals surface area contributed by atoms with Gasteiger partial charge in [-0.25, -0.2) is 0 Å². The van der Waals surface area contributed by atoms with Gasteiger partial charge in [-0.1, -0.05) is 18.5 Å². The molecule has 0 unspecified atom stereocenters. The van der Waals surface area contributed by atoms with E-state index in [1.54, 1.807) is 0 Å². The molecule has 1 nitrogen and oxygen atoms in total. The molecular formula is C12H15BrClN.